The second-order valence-electron chi connectivity index (χ2n) is 6.50. The number of rotatable bonds is 6. The summed E-state index contributed by atoms with van der Waals surface area (Å²) in [5, 5.41) is 12.0. The van der Waals surface area contributed by atoms with E-state index in [1.54, 1.807) is 10.9 Å². The summed E-state index contributed by atoms with van der Waals surface area (Å²) in [5.74, 6) is 1.35. The third kappa shape index (κ3) is 3.74. The maximum atomic E-state index is 4.70. The van der Waals surface area contributed by atoms with Gasteiger partial charge in [-0.15, -0.1) is 0 Å². The molecule has 4 aromatic rings. The molecule has 6 heteroatoms. The highest BCUT2D eigenvalue weighted by Crippen LogP contribution is 2.26. The Morgan fingerprint density at radius 1 is 0.963 bits per heavy atom. The highest BCUT2D eigenvalue weighted by atomic mass is 15.3. The Morgan fingerprint density at radius 2 is 1.74 bits per heavy atom. The first-order valence-electron chi connectivity index (χ1n) is 9.01. The Bertz CT molecular complexity index is 1050. The molecule has 136 valence electrons. The number of nitrogens with one attached hydrogen (secondary N) is 2. The van der Waals surface area contributed by atoms with Gasteiger partial charge in [0.25, 0.3) is 0 Å². The average Bonchev–Trinajstić information content (AvgIpc) is 3.06. The van der Waals surface area contributed by atoms with Gasteiger partial charge in [0.05, 0.1) is 11.6 Å². The molecule has 2 aromatic heterocycles. The Hall–Kier alpha value is -3.41. The number of hydrogen-bond donors (Lipinski definition) is 2. The van der Waals surface area contributed by atoms with Gasteiger partial charge in [-0.1, -0.05) is 48.5 Å². The molecule has 0 radical (unpaired) electrons. The summed E-state index contributed by atoms with van der Waals surface area (Å²) in [4.78, 5) is 9.32. The van der Waals surface area contributed by atoms with Crippen LogP contribution < -0.4 is 10.6 Å². The summed E-state index contributed by atoms with van der Waals surface area (Å²) >= 11 is 0. The molecule has 0 spiro atoms. The highest BCUT2D eigenvalue weighted by molar-refractivity contribution is 5.89. The molecule has 0 unspecified atom stereocenters. The largest absolute Gasteiger partial charge is 0.354 e. The topological polar surface area (TPSA) is 67.7 Å². The van der Waals surface area contributed by atoms with Gasteiger partial charge in [0.15, 0.2) is 5.65 Å². The van der Waals surface area contributed by atoms with Crippen LogP contribution in [0.4, 0.5) is 17.5 Å². The summed E-state index contributed by atoms with van der Waals surface area (Å²) < 4.78 is 1.77. The van der Waals surface area contributed by atoms with Crippen LogP contribution in [-0.2, 0) is 13.5 Å². The monoisotopic (exact) mass is 358 g/mol. The lowest BCUT2D eigenvalue weighted by Gasteiger charge is -2.12. The lowest BCUT2D eigenvalue weighted by Crippen LogP contribution is -2.10. The third-order valence-corrected chi connectivity index (χ3v) is 4.53. The molecule has 0 saturated carbocycles. The molecular weight excluding hydrogens is 336 g/mol. The van der Waals surface area contributed by atoms with Crippen LogP contribution in [0, 0.1) is 6.92 Å². The second-order valence-corrected chi connectivity index (χ2v) is 6.50. The van der Waals surface area contributed by atoms with Crippen LogP contribution >= 0.6 is 0 Å². The normalized spacial score (nSPS) is 10.9. The fourth-order valence-corrected chi connectivity index (χ4v) is 3.00. The van der Waals surface area contributed by atoms with Gasteiger partial charge < -0.3 is 10.6 Å². The van der Waals surface area contributed by atoms with Gasteiger partial charge in [0.2, 0.25) is 5.95 Å². The van der Waals surface area contributed by atoms with Crippen molar-refractivity contribution in [3.8, 4) is 0 Å². The molecule has 0 atom stereocenters. The average molecular weight is 358 g/mol. The zero-order chi connectivity index (χ0) is 18.6. The number of hydrogen-bond acceptors (Lipinski definition) is 5. The number of fused-ring (bicyclic) bond motifs is 1. The van der Waals surface area contributed by atoms with Crippen molar-refractivity contribution in [2.45, 2.75) is 13.3 Å². The summed E-state index contributed by atoms with van der Waals surface area (Å²) in [6.07, 6.45) is 2.71. The molecule has 0 aliphatic carbocycles. The standard InChI is InChI=1S/C21H22N6/c1-15-8-6-7-11-18(15)24-19-17-14-23-27(2)20(17)26-21(25-19)22-13-12-16-9-4-3-5-10-16/h3-11,14H,12-13H2,1-2H3,(H2,22,24,25,26). The van der Waals surface area contributed by atoms with Gasteiger partial charge in [-0.2, -0.15) is 15.1 Å². The molecule has 6 nitrogen and oxygen atoms in total. The van der Waals surface area contributed by atoms with E-state index in [2.05, 4.69) is 58.0 Å². The van der Waals surface area contributed by atoms with Crippen LogP contribution in [0.15, 0.2) is 60.8 Å². The van der Waals surface area contributed by atoms with Gasteiger partial charge in [0, 0.05) is 19.3 Å². The predicted molar refractivity (Wildman–Crippen MR) is 109 cm³/mol. The number of aryl methyl sites for hydroxylation is 2. The number of para-hydroxylation sites is 1. The Balaban J connectivity index is 1.60. The maximum absolute atomic E-state index is 4.70. The van der Waals surface area contributed by atoms with Gasteiger partial charge in [0.1, 0.15) is 5.82 Å². The lowest BCUT2D eigenvalue weighted by atomic mass is 10.1. The van der Waals surface area contributed by atoms with Crippen LogP contribution in [-0.4, -0.2) is 26.3 Å². The smallest absolute Gasteiger partial charge is 0.226 e. The van der Waals surface area contributed by atoms with E-state index in [1.807, 2.05) is 31.3 Å². The molecule has 27 heavy (non-hydrogen) atoms. The minimum absolute atomic E-state index is 0.595. The van der Waals surface area contributed by atoms with Crippen molar-refractivity contribution in [2.75, 3.05) is 17.2 Å². The minimum Gasteiger partial charge on any atom is -0.354 e. The molecule has 0 fully saturated rings. The molecule has 2 heterocycles. The van der Waals surface area contributed by atoms with Crippen molar-refractivity contribution < 1.29 is 0 Å². The van der Waals surface area contributed by atoms with Crippen LogP contribution in [0.1, 0.15) is 11.1 Å². The summed E-state index contributed by atoms with van der Waals surface area (Å²) in [7, 11) is 1.89. The minimum atomic E-state index is 0.595. The van der Waals surface area contributed by atoms with Crippen LogP contribution in [0.2, 0.25) is 0 Å². The first-order chi connectivity index (χ1) is 13.2. The summed E-state index contributed by atoms with van der Waals surface area (Å²) in [5.41, 5.74) is 4.26. The van der Waals surface area contributed by atoms with Crippen molar-refractivity contribution >= 4 is 28.5 Å². The van der Waals surface area contributed by atoms with Crippen molar-refractivity contribution in [3.63, 3.8) is 0 Å². The van der Waals surface area contributed by atoms with E-state index >= 15 is 0 Å². The third-order valence-electron chi connectivity index (χ3n) is 4.53. The molecule has 0 bridgehead atoms. The molecule has 2 N–H and O–H groups in total. The zero-order valence-electron chi connectivity index (χ0n) is 15.5. The van der Waals surface area contributed by atoms with Gasteiger partial charge in [-0.3, -0.25) is 4.68 Å². The van der Waals surface area contributed by atoms with Crippen molar-refractivity contribution in [3.05, 3.63) is 71.9 Å². The number of anilines is 3. The number of benzene rings is 2. The van der Waals surface area contributed by atoms with E-state index in [9.17, 15) is 0 Å². The van der Waals surface area contributed by atoms with Gasteiger partial charge >= 0.3 is 0 Å². The second kappa shape index (κ2) is 7.45. The van der Waals surface area contributed by atoms with E-state index < -0.39 is 0 Å². The van der Waals surface area contributed by atoms with Gasteiger partial charge in [-0.25, -0.2) is 0 Å². The molecular formula is C21H22N6. The zero-order valence-corrected chi connectivity index (χ0v) is 15.5. The quantitative estimate of drug-likeness (QED) is 0.544. The molecule has 4 rings (SSSR count). The van der Waals surface area contributed by atoms with Crippen molar-refractivity contribution in [1.82, 2.24) is 19.7 Å². The molecule has 2 aromatic carbocycles. The van der Waals surface area contributed by atoms with Crippen molar-refractivity contribution in [2.24, 2.45) is 7.05 Å². The summed E-state index contributed by atoms with van der Waals surface area (Å²) in [6.45, 7) is 2.83. The number of nitrogens with zero attached hydrogens (tertiary/aromatic N) is 4. The first kappa shape index (κ1) is 17.0. The molecule has 0 saturated heterocycles. The lowest BCUT2D eigenvalue weighted by molar-refractivity contribution is 0.785. The Morgan fingerprint density at radius 3 is 2.56 bits per heavy atom. The van der Waals surface area contributed by atoms with E-state index in [1.165, 1.54) is 5.56 Å². The Kier molecular flexibility index (Phi) is 4.70. The van der Waals surface area contributed by atoms with Crippen LogP contribution in [0.5, 0.6) is 0 Å². The maximum Gasteiger partial charge on any atom is 0.226 e. The Labute approximate surface area is 158 Å². The fourth-order valence-electron chi connectivity index (χ4n) is 3.00. The predicted octanol–water partition coefficient (Wildman–Crippen LogP) is 4.07. The van der Waals surface area contributed by atoms with Crippen LogP contribution in [0.3, 0.4) is 0 Å². The van der Waals surface area contributed by atoms with Gasteiger partial charge in [-0.05, 0) is 30.5 Å². The van der Waals surface area contributed by atoms with E-state index in [4.69, 9.17) is 4.98 Å². The number of aromatic nitrogens is 4. The molecule has 0 amide bonds. The fraction of sp³-hybridized carbons (Fsp3) is 0.190. The molecule has 0 aliphatic rings. The summed E-state index contributed by atoms with van der Waals surface area (Å²) in [6, 6.07) is 18.5. The van der Waals surface area contributed by atoms with Crippen LogP contribution in [0.25, 0.3) is 11.0 Å². The SMILES string of the molecule is Cc1ccccc1Nc1nc(NCCc2ccccc2)nc2c1cnn2C. The van der Waals surface area contributed by atoms with E-state index in [-0.39, 0.29) is 0 Å². The molecule has 0 aliphatic heterocycles. The highest BCUT2D eigenvalue weighted by Gasteiger charge is 2.12. The van der Waals surface area contributed by atoms with E-state index in [0.29, 0.717) is 5.95 Å². The van der Waals surface area contributed by atoms with E-state index in [0.717, 1.165) is 41.1 Å². The van der Waals surface area contributed by atoms with Crippen molar-refractivity contribution in [1.29, 1.82) is 0 Å². The first-order valence-corrected chi connectivity index (χ1v) is 9.01.